The maximum atomic E-state index is 13.1. The van der Waals surface area contributed by atoms with E-state index >= 15 is 0 Å². The van der Waals surface area contributed by atoms with E-state index in [2.05, 4.69) is 41.3 Å². The van der Waals surface area contributed by atoms with Crippen LogP contribution in [-0.4, -0.2) is 34.2 Å². The number of nitrogens with zero attached hydrogens (tertiary/aromatic N) is 3. The van der Waals surface area contributed by atoms with Crippen LogP contribution in [0.4, 0.5) is 10.6 Å². The molecule has 2 heterocycles. The molecule has 0 unspecified atom stereocenters. The first-order valence-corrected chi connectivity index (χ1v) is 12.2. The van der Waals surface area contributed by atoms with Gasteiger partial charge in [-0.05, 0) is 70.2 Å². The van der Waals surface area contributed by atoms with Crippen molar-refractivity contribution in [3.8, 4) is 0 Å². The summed E-state index contributed by atoms with van der Waals surface area (Å²) in [4.78, 5) is 22.3. The van der Waals surface area contributed by atoms with Crippen molar-refractivity contribution in [2.45, 2.75) is 89.9 Å². The van der Waals surface area contributed by atoms with E-state index in [1.165, 1.54) is 24.0 Å². The van der Waals surface area contributed by atoms with E-state index < -0.39 is 5.60 Å². The molecular formula is C27H37N3O2. The van der Waals surface area contributed by atoms with Gasteiger partial charge in [0.25, 0.3) is 0 Å². The van der Waals surface area contributed by atoms with Gasteiger partial charge in [0.15, 0.2) is 0 Å². The number of ether oxygens (including phenoxy) is 1. The second-order valence-corrected chi connectivity index (χ2v) is 10.2. The number of amides is 1. The first kappa shape index (κ1) is 22.8. The van der Waals surface area contributed by atoms with Gasteiger partial charge in [0.1, 0.15) is 11.4 Å². The van der Waals surface area contributed by atoms with Gasteiger partial charge in [-0.1, -0.05) is 55.7 Å². The summed E-state index contributed by atoms with van der Waals surface area (Å²) in [5.41, 5.74) is 2.05. The number of anilines is 1. The number of carbonyl (C=O) groups excluding carboxylic acids is 1. The highest BCUT2D eigenvalue weighted by Crippen LogP contribution is 2.34. The zero-order chi connectivity index (χ0) is 22.6. The second kappa shape index (κ2) is 10.0. The smallest absolute Gasteiger partial charge is 0.416 e. The molecule has 4 rings (SSSR count). The molecule has 0 bridgehead atoms. The normalized spacial score (nSPS) is 20.3. The molecule has 1 amide bonds. The number of carbonyl (C=O) groups is 1. The number of benzene rings is 1. The van der Waals surface area contributed by atoms with Gasteiger partial charge < -0.3 is 4.74 Å². The summed E-state index contributed by atoms with van der Waals surface area (Å²) >= 11 is 0. The fraction of sp³-hybridized carbons (Fsp3) is 0.556. The quantitative estimate of drug-likeness (QED) is 0.538. The van der Waals surface area contributed by atoms with E-state index in [9.17, 15) is 4.79 Å². The first-order chi connectivity index (χ1) is 15.4. The Morgan fingerprint density at radius 2 is 1.78 bits per heavy atom. The predicted octanol–water partition coefficient (Wildman–Crippen LogP) is 6.49. The minimum absolute atomic E-state index is 0.165. The van der Waals surface area contributed by atoms with Gasteiger partial charge in [-0.3, -0.25) is 9.80 Å². The van der Waals surface area contributed by atoms with Crippen LogP contribution in [-0.2, 0) is 11.3 Å². The molecule has 1 aliphatic carbocycles. The maximum absolute atomic E-state index is 13.1. The Balaban J connectivity index is 1.52. The van der Waals surface area contributed by atoms with E-state index in [1.807, 2.05) is 37.9 Å². The largest absolute Gasteiger partial charge is 0.443 e. The second-order valence-electron chi connectivity index (χ2n) is 10.2. The zero-order valence-electron chi connectivity index (χ0n) is 19.8. The summed E-state index contributed by atoms with van der Waals surface area (Å²) in [6.07, 6.45) is 9.60. The Kier molecular flexibility index (Phi) is 7.14. The SMILES string of the molecule is CC(C)(C)OC(=O)N(c1ccc([C@@H]2CCCN2Cc2ccccc2)cn1)C1CCCCC1. The molecule has 1 saturated heterocycles. The van der Waals surface area contributed by atoms with Crippen LogP contribution in [0.1, 0.15) is 82.9 Å². The molecule has 1 aromatic carbocycles. The van der Waals surface area contributed by atoms with Crippen LogP contribution in [0.25, 0.3) is 0 Å². The molecule has 2 aliphatic rings. The minimum atomic E-state index is -0.522. The molecule has 0 N–H and O–H groups in total. The number of rotatable bonds is 5. The molecule has 1 atom stereocenters. The van der Waals surface area contributed by atoms with Crippen molar-refractivity contribution in [2.24, 2.45) is 0 Å². The number of hydrogen-bond acceptors (Lipinski definition) is 4. The third-order valence-corrected chi connectivity index (χ3v) is 6.52. The lowest BCUT2D eigenvalue weighted by atomic mass is 9.94. The van der Waals surface area contributed by atoms with Crippen molar-refractivity contribution >= 4 is 11.9 Å². The monoisotopic (exact) mass is 435 g/mol. The van der Waals surface area contributed by atoms with Crippen LogP contribution in [0.3, 0.4) is 0 Å². The molecule has 1 saturated carbocycles. The fourth-order valence-corrected chi connectivity index (χ4v) is 5.03. The molecule has 32 heavy (non-hydrogen) atoms. The van der Waals surface area contributed by atoms with E-state index in [0.717, 1.165) is 45.2 Å². The molecule has 0 spiro atoms. The van der Waals surface area contributed by atoms with Crippen LogP contribution in [0.2, 0.25) is 0 Å². The molecule has 2 aromatic rings. The van der Waals surface area contributed by atoms with Gasteiger partial charge >= 0.3 is 6.09 Å². The van der Waals surface area contributed by atoms with Crippen molar-refractivity contribution in [3.63, 3.8) is 0 Å². The van der Waals surface area contributed by atoms with E-state index in [-0.39, 0.29) is 12.1 Å². The fourth-order valence-electron chi connectivity index (χ4n) is 5.03. The summed E-state index contributed by atoms with van der Waals surface area (Å²) < 4.78 is 5.76. The summed E-state index contributed by atoms with van der Waals surface area (Å²) in [5.74, 6) is 0.711. The lowest BCUT2D eigenvalue weighted by Crippen LogP contribution is -2.45. The summed E-state index contributed by atoms with van der Waals surface area (Å²) in [6, 6.07) is 15.4. The predicted molar refractivity (Wildman–Crippen MR) is 129 cm³/mol. The number of aromatic nitrogens is 1. The van der Waals surface area contributed by atoms with Crippen LogP contribution in [0.15, 0.2) is 48.7 Å². The van der Waals surface area contributed by atoms with Crippen LogP contribution in [0.5, 0.6) is 0 Å². The van der Waals surface area contributed by atoms with Gasteiger partial charge in [0.05, 0.1) is 0 Å². The Morgan fingerprint density at radius 1 is 1.03 bits per heavy atom. The van der Waals surface area contributed by atoms with Crippen molar-refractivity contribution < 1.29 is 9.53 Å². The van der Waals surface area contributed by atoms with Gasteiger partial charge in [0, 0.05) is 24.8 Å². The molecule has 5 nitrogen and oxygen atoms in total. The molecule has 172 valence electrons. The summed E-state index contributed by atoms with van der Waals surface area (Å²) in [6.45, 7) is 7.82. The third-order valence-electron chi connectivity index (χ3n) is 6.52. The van der Waals surface area contributed by atoms with E-state index in [1.54, 1.807) is 0 Å². The van der Waals surface area contributed by atoms with Gasteiger partial charge in [-0.15, -0.1) is 0 Å². The molecule has 1 aliphatic heterocycles. The Hall–Kier alpha value is -2.40. The zero-order valence-corrected chi connectivity index (χ0v) is 19.8. The van der Waals surface area contributed by atoms with Crippen LogP contribution in [0, 0.1) is 0 Å². The van der Waals surface area contributed by atoms with Gasteiger partial charge in [-0.25, -0.2) is 9.78 Å². The molecular weight excluding hydrogens is 398 g/mol. The maximum Gasteiger partial charge on any atom is 0.416 e. The Bertz CT molecular complexity index is 870. The molecule has 0 radical (unpaired) electrons. The van der Waals surface area contributed by atoms with Crippen LogP contribution >= 0.6 is 0 Å². The number of pyridine rings is 1. The van der Waals surface area contributed by atoms with Crippen LogP contribution < -0.4 is 4.90 Å². The van der Waals surface area contributed by atoms with E-state index in [0.29, 0.717) is 11.9 Å². The highest BCUT2D eigenvalue weighted by molar-refractivity contribution is 5.87. The summed E-state index contributed by atoms with van der Waals surface area (Å²) in [5, 5.41) is 0. The topological polar surface area (TPSA) is 45.7 Å². The Morgan fingerprint density at radius 3 is 2.44 bits per heavy atom. The lowest BCUT2D eigenvalue weighted by Gasteiger charge is -2.35. The average Bonchev–Trinajstić information content (AvgIpc) is 3.23. The molecule has 2 fully saturated rings. The van der Waals surface area contributed by atoms with Gasteiger partial charge in [0.2, 0.25) is 0 Å². The third kappa shape index (κ3) is 5.69. The van der Waals surface area contributed by atoms with Crippen molar-refractivity contribution in [1.82, 2.24) is 9.88 Å². The lowest BCUT2D eigenvalue weighted by molar-refractivity contribution is 0.0556. The first-order valence-electron chi connectivity index (χ1n) is 12.2. The van der Waals surface area contributed by atoms with E-state index in [4.69, 9.17) is 9.72 Å². The number of likely N-dealkylation sites (tertiary alicyclic amines) is 1. The minimum Gasteiger partial charge on any atom is -0.443 e. The average molecular weight is 436 g/mol. The highest BCUT2D eigenvalue weighted by Gasteiger charge is 2.32. The Labute approximate surface area is 192 Å². The molecule has 1 aromatic heterocycles. The summed E-state index contributed by atoms with van der Waals surface area (Å²) in [7, 11) is 0. The highest BCUT2D eigenvalue weighted by atomic mass is 16.6. The van der Waals surface area contributed by atoms with Gasteiger partial charge in [-0.2, -0.15) is 0 Å². The molecule has 5 heteroatoms. The van der Waals surface area contributed by atoms with Crippen molar-refractivity contribution in [2.75, 3.05) is 11.4 Å². The van der Waals surface area contributed by atoms with Crippen molar-refractivity contribution in [1.29, 1.82) is 0 Å². The van der Waals surface area contributed by atoms with Crippen molar-refractivity contribution in [3.05, 3.63) is 59.8 Å². The standard InChI is InChI=1S/C27H37N3O2/c1-27(2,3)32-26(31)30(23-13-8-5-9-14-23)25-17-16-22(19-28-25)24-15-10-18-29(24)20-21-11-6-4-7-12-21/h4,6-7,11-12,16-17,19,23-24H,5,8-10,13-15,18,20H2,1-3H3/t24-/m0/s1. The number of hydrogen-bond donors (Lipinski definition) is 0.